The Bertz CT molecular complexity index is 435. The van der Waals surface area contributed by atoms with Gasteiger partial charge in [0.25, 0.3) is 0 Å². The molecule has 106 valence electrons. The van der Waals surface area contributed by atoms with E-state index in [4.69, 9.17) is 19.7 Å². The zero-order chi connectivity index (χ0) is 15.2. The molecule has 1 fully saturated rings. The van der Waals surface area contributed by atoms with E-state index in [-0.39, 0.29) is 11.5 Å². The summed E-state index contributed by atoms with van der Waals surface area (Å²) < 4.78 is 9.92. The molecule has 7 heteroatoms. The maximum atomic E-state index is 10.9. The molecule has 0 radical (unpaired) electrons. The molecule has 0 saturated carbocycles. The summed E-state index contributed by atoms with van der Waals surface area (Å²) in [4.78, 5) is 21.8. The van der Waals surface area contributed by atoms with Gasteiger partial charge in [-0.15, -0.1) is 0 Å². The fourth-order valence-corrected chi connectivity index (χ4v) is 1.68. The van der Waals surface area contributed by atoms with Gasteiger partial charge in [-0.3, -0.25) is 0 Å². The number of carbonyl (C=O) groups is 2. The van der Waals surface area contributed by atoms with Crippen LogP contribution in [0.4, 0.5) is 0 Å². The molecule has 0 atom stereocenters. The van der Waals surface area contributed by atoms with Crippen LogP contribution in [0.25, 0.3) is 0 Å². The number of halogens is 1. The van der Waals surface area contributed by atoms with Gasteiger partial charge in [0.1, 0.15) is 0 Å². The van der Waals surface area contributed by atoms with Crippen LogP contribution < -0.4 is 0 Å². The largest absolute Gasteiger partial charge is 0.475 e. The van der Waals surface area contributed by atoms with Crippen molar-refractivity contribution in [3.05, 3.63) is 34.7 Å². The third-order valence-corrected chi connectivity index (χ3v) is 2.48. The zero-order valence-electron chi connectivity index (χ0n) is 10.8. The summed E-state index contributed by atoms with van der Waals surface area (Å²) in [6.45, 7) is 9.13. The van der Waals surface area contributed by atoms with Crippen molar-refractivity contribution < 1.29 is 29.3 Å². The van der Waals surface area contributed by atoms with Crippen LogP contribution in [0.1, 0.15) is 20.8 Å². The highest BCUT2D eigenvalue weighted by Crippen LogP contribution is 2.37. The van der Waals surface area contributed by atoms with Gasteiger partial charge in [0.2, 0.25) is 0 Å². The zero-order valence-corrected chi connectivity index (χ0v) is 12.4. The van der Waals surface area contributed by atoms with E-state index >= 15 is 0 Å². The number of hydrogen-bond donors (Lipinski definition) is 2. The predicted octanol–water partition coefficient (Wildman–Crippen LogP) is 2.62. The highest BCUT2D eigenvalue weighted by Gasteiger charge is 2.59. The second-order valence-corrected chi connectivity index (χ2v) is 3.89. The normalized spacial score (nSPS) is 19.1. The summed E-state index contributed by atoms with van der Waals surface area (Å²) in [5, 5.41) is 17.7. The molecule has 0 aliphatic carbocycles. The Morgan fingerprint density at radius 1 is 1.26 bits per heavy atom. The Morgan fingerprint density at radius 3 is 2.05 bits per heavy atom. The SMILES string of the molecule is C=C1OC(C(=O)O)(C(=O)O)O/C1=C(Br)/C=C\C.CC. The molecule has 1 aliphatic heterocycles. The van der Waals surface area contributed by atoms with Crippen LogP contribution in [0.5, 0.6) is 0 Å². The first-order chi connectivity index (χ1) is 8.85. The van der Waals surface area contributed by atoms with Crippen molar-refractivity contribution in [1.82, 2.24) is 0 Å². The van der Waals surface area contributed by atoms with Crippen LogP contribution in [0, 0.1) is 0 Å². The molecule has 1 saturated heterocycles. The van der Waals surface area contributed by atoms with Crippen LogP contribution in [-0.2, 0) is 19.1 Å². The van der Waals surface area contributed by atoms with Crippen LogP contribution in [0.15, 0.2) is 34.7 Å². The molecule has 6 nitrogen and oxygen atoms in total. The first-order valence-corrected chi connectivity index (χ1v) is 6.21. The smallest absolute Gasteiger partial charge is 0.453 e. The lowest BCUT2D eigenvalue weighted by Crippen LogP contribution is -2.47. The minimum atomic E-state index is -2.77. The van der Waals surface area contributed by atoms with E-state index in [1.54, 1.807) is 19.1 Å². The van der Waals surface area contributed by atoms with E-state index in [1.165, 1.54) is 0 Å². The number of carboxylic acids is 2. The lowest BCUT2D eigenvalue weighted by Gasteiger charge is -2.16. The first-order valence-electron chi connectivity index (χ1n) is 5.41. The van der Waals surface area contributed by atoms with Gasteiger partial charge in [0.05, 0.1) is 4.48 Å². The van der Waals surface area contributed by atoms with Gasteiger partial charge in [0, 0.05) is 0 Å². The van der Waals surface area contributed by atoms with Gasteiger partial charge in [-0.05, 0) is 28.9 Å². The van der Waals surface area contributed by atoms with Crippen molar-refractivity contribution in [2.75, 3.05) is 0 Å². The highest BCUT2D eigenvalue weighted by molar-refractivity contribution is 9.11. The average Bonchev–Trinajstić information content (AvgIpc) is 2.71. The van der Waals surface area contributed by atoms with Crippen LogP contribution >= 0.6 is 15.9 Å². The van der Waals surface area contributed by atoms with Gasteiger partial charge in [-0.1, -0.05) is 26.5 Å². The Hall–Kier alpha value is -1.76. The fourth-order valence-electron chi connectivity index (χ4n) is 1.11. The molecule has 0 spiro atoms. The van der Waals surface area contributed by atoms with Crippen LogP contribution in [0.2, 0.25) is 0 Å². The Balaban J connectivity index is 0.00000154. The van der Waals surface area contributed by atoms with E-state index in [0.29, 0.717) is 4.48 Å². The van der Waals surface area contributed by atoms with Gasteiger partial charge >= 0.3 is 17.7 Å². The topological polar surface area (TPSA) is 93.1 Å². The second-order valence-electron chi connectivity index (χ2n) is 3.03. The minimum absolute atomic E-state index is 0.0621. The monoisotopic (exact) mass is 334 g/mol. The molecule has 2 N–H and O–H groups in total. The molecule has 0 aromatic rings. The van der Waals surface area contributed by atoms with Crippen molar-refractivity contribution in [3.63, 3.8) is 0 Å². The van der Waals surface area contributed by atoms with E-state index in [2.05, 4.69) is 22.5 Å². The van der Waals surface area contributed by atoms with Gasteiger partial charge in [-0.25, -0.2) is 9.59 Å². The fraction of sp³-hybridized carbons (Fsp3) is 0.333. The number of hydrogen-bond acceptors (Lipinski definition) is 4. The maximum Gasteiger partial charge on any atom is 0.453 e. The quantitative estimate of drug-likeness (QED) is 0.770. The first kappa shape index (κ1) is 17.2. The standard InChI is InChI=1S/C10H9BrO6.C2H6/c1-3-4-6(11)7-5(2)16-10(17-7,8(12)13)9(14)15;1-2/h3-4H,2H2,1H3,(H,12,13)(H,14,15);1-2H3/b4-3-,7-6-;. The molecule has 0 aromatic carbocycles. The maximum absolute atomic E-state index is 10.9. The summed E-state index contributed by atoms with van der Waals surface area (Å²) in [7, 11) is 0. The van der Waals surface area contributed by atoms with Gasteiger partial charge < -0.3 is 19.7 Å². The molecular weight excluding hydrogens is 320 g/mol. The van der Waals surface area contributed by atoms with Crippen molar-refractivity contribution in [2.45, 2.75) is 26.6 Å². The van der Waals surface area contributed by atoms with E-state index in [1.807, 2.05) is 13.8 Å². The molecule has 0 bridgehead atoms. The molecule has 0 amide bonds. The van der Waals surface area contributed by atoms with Crippen molar-refractivity contribution in [3.8, 4) is 0 Å². The highest BCUT2D eigenvalue weighted by atomic mass is 79.9. The van der Waals surface area contributed by atoms with E-state index < -0.39 is 17.7 Å². The summed E-state index contributed by atoms with van der Waals surface area (Å²) in [5.74, 6) is -6.52. The Kier molecular flexibility index (Phi) is 6.34. The third-order valence-electron chi connectivity index (χ3n) is 1.86. The van der Waals surface area contributed by atoms with Crippen molar-refractivity contribution >= 4 is 27.9 Å². The number of ether oxygens (including phenoxy) is 2. The van der Waals surface area contributed by atoms with Crippen LogP contribution in [-0.4, -0.2) is 27.9 Å². The van der Waals surface area contributed by atoms with Gasteiger partial charge in [0.15, 0.2) is 11.5 Å². The third kappa shape index (κ3) is 3.37. The number of carboxylic acid groups (broad SMARTS) is 2. The molecule has 1 aliphatic rings. The van der Waals surface area contributed by atoms with E-state index in [0.717, 1.165) is 0 Å². The number of aliphatic carboxylic acids is 2. The number of rotatable bonds is 3. The van der Waals surface area contributed by atoms with Gasteiger partial charge in [-0.2, -0.15) is 0 Å². The minimum Gasteiger partial charge on any atom is -0.475 e. The second kappa shape index (κ2) is 6.98. The summed E-state index contributed by atoms with van der Waals surface area (Å²) in [5.41, 5.74) is 0. The predicted molar refractivity (Wildman–Crippen MR) is 71.4 cm³/mol. The van der Waals surface area contributed by atoms with Crippen molar-refractivity contribution in [1.29, 1.82) is 0 Å². The molecule has 19 heavy (non-hydrogen) atoms. The van der Waals surface area contributed by atoms with Crippen molar-refractivity contribution in [2.24, 2.45) is 0 Å². The average molecular weight is 335 g/mol. The number of allylic oxidation sites excluding steroid dienone is 3. The van der Waals surface area contributed by atoms with E-state index in [9.17, 15) is 9.59 Å². The molecule has 0 unspecified atom stereocenters. The Labute approximate surface area is 119 Å². The molecule has 0 aromatic heterocycles. The summed E-state index contributed by atoms with van der Waals surface area (Å²) in [6, 6.07) is 0. The molecule has 1 rings (SSSR count). The molecular formula is C12H15BrO6. The lowest BCUT2D eigenvalue weighted by molar-refractivity contribution is -0.208. The van der Waals surface area contributed by atoms with Crippen LogP contribution in [0.3, 0.4) is 0 Å². The Morgan fingerprint density at radius 2 is 1.74 bits per heavy atom. The summed E-state index contributed by atoms with van der Waals surface area (Å²) >= 11 is 3.10. The lowest BCUT2D eigenvalue weighted by atomic mass is 10.3. The summed E-state index contributed by atoms with van der Waals surface area (Å²) in [6.07, 6.45) is 3.19. The molecule has 1 heterocycles.